The number of anilines is 1. The first kappa shape index (κ1) is 20.5. The summed E-state index contributed by atoms with van der Waals surface area (Å²) in [5, 5.41) is 7.33. The number of hydrogen-bond acceptors (Lipinski definition) is 6. The van der Waals surface area contributed by atoms with Crippen LogP contribution in [-0.4, -0.2) is 39.0 Å². The molecule has 1 aliphatic heterocycles. The lowest BCUT2D eigenvalue weighted by molar-refractivity contribution is -0.113. The topological polar surface area (TPSA) is 102 Å². The standard InChI is InChI=1S/C22H19N5O3S/c1-4-31-18-10-6-5-8-15(18)21(29)24-19-12-16(17-9-7-11-30-17)26-27(19)22-23-14(3)13(2)20(28)25-22/h5-12H,2,4H2,1,3H3,(H,24,29). The zero-order chi connectivity index (χ0) is 22.0. The average molecular weight is 433 g/mol. The molecule has 156 valence electrons. The lowest BCUT2D eigenvalue weighted by atomic mass is 10.2. The third-order valence-corrected chi connectivity index (χ3v) is 5.47. The summed E-state index contributed by atoms with van der Waals surface area (Å²) in [6.07, 6.45) is 1.53. The van der Waals surface area contributed by atoms with Crippen LogP contribution in [0, 0.1) is 0 Å². The van der Waals surface area contributed by atoms with E-state index in [2.05, 4.69) is 27.0 Å². The Morgan fingerprint density at radius 1 is 1.23 bits per heavy atom. The van der Waals surface area contributed by atoms with Crippen molar-refractivity contribution in [1.29, 1.82) is 0 Å². The predicted molar refractivity (Wildman–Crippen MR) is 121 cm³/mol. The fourth-order valence-corrected chi connectivity index (χ4v) is 3.74. The minimum absolute atomic E-state index is 0.0409. The van der Waals surface area contributed by atoms with E-state index in [0.29, 0.717) is 28.5 Å². The maximum atomic E-state index is 13.1. The third-order valence-electron chi connectivity index (χ3n) is 4.51. The monoisotopic (exact) mass is 433 g/mol. The molecule has 9 heteroatoms. The van der Waals surface area contributed by atoms with Crippen molar-refractivity contribution < 1.29 is 14.0 Å². The fourth-order valence-electron chi connectivity index (χ4n) is 2.94. The van der Waals surface area contributed by atoms with Gasteiger partial charge in [-0.15, -0.1) is 11.8 Å². The molecule has 1 aliphatic rings. The molecule has 0 fully saturated rings. The van der Waals surface area contributed by atoms with E-state index in [1.54, 1.807) is 43.0 Å². The number of aliphatic imine (C=N–C) groups is 2. The van der Waals surface area contributed by atoms with E-state index < -0.39 is 5.91 Å². The highest BCUT2D eigenvalue weighted by atomic mass is 32.2. The second kappa shape index (κ2) is 8.57. The van der Waals surface area contributed by atoms with Crippen molar-refractivity contribution in [3.8, 4) is 11.5 Å². The number of amides is 2. The van der Waals surface area contributed by atoms with Gasteiger partial charge in [0.05, 0.1) is 23.1 Å². The van der Waals surface area contributed by atoms with Gasteiger partial charge in [0.15, 0.2) is 5.76 Å². The molecule has 31 heavy (non-hydrogen) atoms. The molecule has 1 aromatic carbocycles. The number of benzene rings is 1. The molecule has 2 aromatic heterocycles. The van der Waals surface area contributed by atoms with Crippen molar-refractivity contribution >= 4 is 41.1 Å². The zero-order valence-electron chi connectivity index (χ0n) is 17.0. The van der Waals surface area contributed by atoms with Gasteiger partial charge >= 0.3 is 0 Å². The van der Waals surface area contributed by atoms with Crippen LogP contribution in [0.25, 0.3) is 11.5 Å². The summed E-state index contributed by atoms with van der Waals surface area (Å²) in [5.74, 6) is 0.879. The van der Waals surface area contributed by atoms with Crippen molar-refractivity contribution in [2.24, 2.45) is 9.98 Å². The second-order valence-corrected chi connectivity index (χ2v) is 7.89. The number of carbonyl (C=O) groups excluding carboxylic acids is 2. The van der Waals surface area contributed by atoms with Gasteiger partial charge in [-0.1, -0.05) is 25.6 Å². The first-order valence-corrected chi connectivity index (χ1v) is 10.5. The van der Waals surface area contributed by atoms with Crippen molar-refractivity contribution in [1.82, 2.24) is 9.78 Å². The van der Waals surface area contributed by atoms with Crippen LogP contribution in [0.4, 0.5) is 5.82 Å². The number of furan rings is 1. The normalized spacial score (nSPS) is 13.7. The van der Waals surface area contributed by atoms with E-state index in [0.717, 1.165) is 10.6 Å². The molecule has 0 atom stereocenters. The van der Waals surface area contributed by atoms with Crippen molar-refractivity contribution in [2.45, 2.75) is 18.7 Å². The first-order valence-electron chi connectivity index (χ1n) is 9.53. The Kier molecular flexibility index (Phi) is 5.68. The van der Waals surface area contributed by atoms with Gasteiger partial charge in [-0.2, -0.15) is 14.8 Å². The zero-order valence-corrected chi connectivity index (χ0v) is 17.8. The fraction of sp³-hybridized carbons (Fsp3) is 0.136. The molecule has 0 aliphatic carbocycles. The summed E-state index contributed by atoms with van der Waals surface area (Å²) in [4.78, 5) is 34.4. The molecule has 0 saturated heterocycles. The highest BCUT2D eigenvalue weighted by Crippen LogP contribution is 2.26. The third kappa shape index (κ3) is 4.13. The first-order chi connectivity index (χ1) is 15.0. The summed E-state index contributed by atoms with van der Waals surface area (Å²) in [5.41, 5.74) is 1.66. The van der Waals surface area contributed by atoms with Crippen LogP contribution in [-0.2, 0) is 4.79 Å². The molecular formula is C22H19N5O3S. The molecular weight excluding hydrogens is 414 g/mol. The minimum atomic E-state index is -0.500. The van der Waals surface area contributed by atoms with E-state index in [9.17, 15) is 9.59 Å². The SMILES string of the molecule is C=C1C(=O)N=C(n2nc(-c3ccco3)cc2NC(=O)c2ccccc2SCC)N=C1C. The van der Waals surface area contributed by atoms with E-state index in [1.807, 2.05) is 25.1 Å². The molecule has 0 spiro atoms. The number of rotatable bonds is 5. The summed E-state index contributed by atoms with van der Waals surface area (Å²) >= 11 is 1.58. The summed E-state index contributed by atoms with van der Waals surface area (Å²) in [6, 6.07) is 12.5. The number of hydrogen-bond donors (Lipinski definition) is 1. The van der Waals surface area contributed by atoms with Gasteiger partial charge in [-0.25, -0.2) is 4.99 Å². The van der Waals surface area contributed by atoms with E-state index in [1.165, 1.54) is 10.9 Å². The van der Waals surface area contributed by atoms with Crippen LogP contribution in [0.1, 0.15) is 24.2 Å². The Hall–Kier alpha value is -3.72. The van der Waals surface area contributed by atoms with Crippen LogP contribution in [0.15, 0.2) is 80.2 Å². The Morgan fingerprint density at radius 3 is 2.74 bits per heavy atom. The molecule has 3 aromatic rings. The molecule has 1 N–H and O–H groups in total. The van der Waals surface area contributed by atoms with Crippen molar-refractivity contribution in [3.05, 3.63) is 66.4 Å². The number of carbonyl (C=O) groups is 2. The predicted octanol–water partition coefficient (Wildman–Crippen LogP) is 4.27. The Morgan fingerprint density at radius 2 is 2.03 bits per heavy atom. The molecule has 0 bridgehead atoms. The van der Waals surface area contributed by atoms with Gasteiger partial charge in [0, 0.05) is 11.0 Å². The highest BCUT2D eigenvalue weighted by Gasteiger charge is 2.23. The molecule has 3 heterocycles. The lowest BCUT2D eigenvalue weighted by Gasteiger charge is -2.13. The summed E-state index contributed by atoms with van der Waals surface area (Å²) in [6.45, 7) is 7.38. The van der Waals surface area contributed by atoms with Gasteiger partial charge in [0.1, 0.15) is 11.5 Å². The van der Waals surface area contributed by atoms with Crippen LogP contribution in [0.3, 0.4) is 0 Å². The van der Waals surface area contributed by atoms with E-state index in [-0.39, 0.29) is 17.4 Å². The number of aromatic nitrogens is 2. The van der Waals surface area contributed by atoms with Crippen molar-refractivity contribution in [2.75, 3.05) is 11.1 Å². The average Bonchev–Trinajstić information content (AvgIpc) is 3.42. The summed E-state index contributed by atoms with van der Waals surface area (Å²) < 4.78 is 6.75. The molecule has 0 unspecified atom stereocenters. The van der Waals surface area contributed by atoms with Gasteiger partial charge in [0.25, 0.3) is 17.8 Å². The maximum Gasteiger partial charge on any atom is 0.281 e. The molecule has 0 radical (unpaired) electrons. The van der Waals surface area contributed by atoms with Gasteiger partial charge in [0.2, 0.25) is 0 Å². The Balaban J connectivity index is 1.75. The second-order valence-electron chi connectivity index (χ2n) is 6.58. The van der Waals surface area contributed by atoms with Gasteiger partial charge in [-0.3, -0.25) is 9.59 Å². The largest absolute Gasteiger partial charge is 0.463 e. The molecule has 8 nitrogen and oxygen atoms in total. The van der Waals surface area contributed by atoms with Gasteiger partial charge in [-0.05, 0) is 36.9 Å². The number of nitrogens with one attached hydrogen (secondary N) is 1. The molecule has 4 rings (SSSR count). The summed E-state index contributed by atoms with van der Waals surface area (Å²) in [7, 11) is 0. The van der Waals surface area contributed by atoms with Crippen molar-refractivity contribution in [3.63, 3.8) is 0 Å². The quantitative estimate of drug-likeness (QED) is 0.478. The van der Waals surface area contributed by atoms with Crippen LogP contribution in [0.5, 0.6) is 0 Å². The van der Waals surface area contributed by atoms with Crippen LogP contribution >= 0.6 is 11.8 Å². The Labute approximate surface area is 182 Å². The molecule has 0 saturated carbocycles. The highest BCUT2D eigenvalue weighted by molar-refractivity contribution is 7.99. The van der Waals surface area contributed by atoms with E-state index in [4.69, 9.17) is 4.42 Å². The number of thioether (sulfide) groups is 1. The van der Waals surface area contributed by atoms with Crippen LogP contribution < -0.4 is 5.32 Å². The maximum absolute atomic E-state index is 13.1. The minimum Gasteiger partial charge on any atom is -0.463 e. The Bertz CT molecular complexity index is 1240. The smallest absolute Gasteiger partial charge is 0.281 e. The van der Waals surface area contributed by atoms with Gasteiger partial charge < -0.3 is 9.73 Å². The molecule has 2 amide bonds. The lowest BCUT2D eigenvalue weighted by Crippen LogP contribution is -2.25. The van der Waals surface area contributed by atoms with Crippen LogP contribution in [0.2, 0.25) is 0 Å². The number of nitrogens with zero attached hydrogens (tertiary/aromatic N) is 4. The van der Waals surface area contributed by atoms with E-state index >= 15 is 0 Å².